The second-order valence-electron chi connectivity index (χ2n) is 5.99. The van der Waals surface area contributed by atoms with Crippen LogP contribution >= 0.6 is 0 Å². The lowest BCUT2D eigenvalue weighted by atomic mass is 9.97. The van der Waals surface area contributed by atoms with Gasteiger partial charge in [0.2, 0.25) is 11.8 Å². The van der Waals surface area contributed by atoms with Gasteiger partial charge in [-0.3, -0.25) is 19.5 Å². The minimum absolute atomic E-state index is 0.0258. The molecule has 1 atom stereocenters. The Kier molecular flexibility index (Phi) is 3.13. The number of primary amides is 1. The summed E-state index contributed by atoms with van der Waals surface area (Å²) < 4.78 is 0. The van der Waals surface area contributed by atoms with Crippen molar-refractivity contribution in [1.29, 1.82) is 0 Å². The number of hydrogen-bond donors (Lipinski definition) is 2. The predicted octanol–water partition coefficient (Wildman–Crippen LogP) is 0.863. The Bertz CT molecular complexity index is 889. The van der Waals surface area contributed by atoms with Gasteiger partial charge in [0.1, 0.15) is 12.6 Å². The van der Waals surface area contributed by atoms with Crippen LogP contribution in [0, 0.1) is 0 Å². The van der Waals surface area contributed by atoms with Crippen LogP contribution in [0.2, 0.25) is 0 Å². The van der Waals surface area contributed by atoms with Gasteiger partial charge in [0, 0.05) is 23.2 Å². The number of nitrogen functional groups attached to an aromatic ring is 1. The number of aliphatic imine (C=N–C) groups is 1. The van der Waals surface area contributed by atoms with E-state index in [0.29, 0.717) is 23.5 Å². The topological polar surface area (TPSA) is 102 Å². The lowest BCUT2D eigenvalue weighted by Gasteiger charge is -2.23. The van der Waals surface area contributed by atoms with Crippen LogP contribution in [0.4, 0.5) is 11.4 Å². The van der Waals surface area contributed by atoms with E-state index in [9.17, 15) is 9.59 Å². The van der Waals surface area contributed by atoms with Gasteiger partial charge in [-0.2, -0.15) is 0 Å². The largest absolute Gasteiger partial charge is 0.399 e. The van der Waals surface area contributed by atoms with Crippen LogP contribution in [0.25, 0.3) is 0 Å². The molecule has 0 saturated carbocycles. The van der Waals surface area contributed by atoms with Crippen LogP contribution in [0.5, 0.6) is 0 Å². The Hall–Kier alpha value is -3.15. The molecule has 120 valence electrons. The van der Waals surface area contributed by atoms with Gasteiger partial charge < -0.3 is 11.5 Å². The van der Waals surface area contributed by atoms with E-state index in [-0.39, 0.29) is 12.5 Å². The lowest BCUT2D eigenvalue weighted by molar-refractivity contribution is -0.123. The van der Waals surface area contributed by atoms with Gasteiger partial charge in [-0.15, -0.1) is 0 Å². The number of amides is 2. The molecule has 0 unspecified atom stereocenters. The molecule has 2 aromatic carbocycles. The average Bonchev–Trinajstić information content (AvgIpc) is 2.88. The standard InChI is InChI=1S/C18H16N4O2/c19-12-6-11-7-14(18(20)24)22-15(23)9-21-16(13(8-12)17(11)22)10-4-2-1-3-5-10/h1-6,8,14H,7,9,19H2,(H2,20,24)/t14-/m0/s1. The zero-order valence-corrected chi connectivity index (χ0v) is 12.9. The highest BCUT2D eigenvalue weighted by Crippen LogP contribution is 2.39. The summed E-state index contributed by atoms with van der Waals surface area (Å²) in [5.74, 6) is -0.748. The van der Waals surface area contributed by atoms with Gasteiger partial charge in [0.05, 0.1) is 11.4 Å². The molecular weight excluding hydrogens is 304 g/mol. The summed E-state index contributed by atoms with van der Waals surface area (Å²) in [7, 11) is 0. The molecule has 24 heavy (non-hydrogen) atoms. The average molecular weight is 320 g/mol. The van der Waals surface area contributed by atoms with E-state index in [2.05, 4.69) is 4.99 Å². The van der Waals surface area contributed by atoms with Crippen molar-refractivity contribution in [3.8, 4) is 0 Å². The van der Waals surface area contributed by atoms with E-state index in [1.54, 1.807) is 12.1 Å². The summed E-state index contributed by atoms with van der Waals surface area (Å²) in [4.78, 5) is 30.4. The van der Waals surface area contributed by atoms with Crippen molar-refractivity contribution < 1.29 is 9.59 Å². The third-order valence-electron chi connectivity index (χ3n) is 4.45. The van der Waals surface area contributed by atoms with Crippen molar-refractivity contribution >= 4 is 28.9 Å². The van der Waals surface area contributed by atoms with Gasteiger partial charge >= 0.3 is 0 Å². The SMILES string of the molecule is NC(=O)[C@@H]1Cc2cc(N)cc3c2N1C(=O)CN=C3c1ccccc1. The molecule has 6 heteroatoms. The molecule has 0 aliphatic carbocycles. The predicted molar refractivity (Wildman–Crippen MR) is 92.0 cm³/mol. The second kappa shape index (κ2) is 5.19. The van der Waals surface area contributed by atoms with Gasteiger partial charge in [0.15, 0.2) is 0 Å². The third-order valence-corrected chi connectivity index (χ3v) is 4.45. The first kappa shape index (κ1) is 14.4. The maximum atomic E-state index is 12.6. The molecule has 0 aromatic heterocycles. The molecule has 2 aliphatic rings. The molecule has 0 saturated heterocycles. The molecule has 0 radical (unpaired) electrons. The molecule has 2 heterocycles. The smallest absolute Gasteiger partial charge is 0.249 e. The molecule has 6 nitrogen and oxygen atoms in total. The fourth-order valence-corrected chi connectivity index (χ4v) is 3.47. The minimum atomic E-state index is -0.682. The highest BCUT2D eigenvalue weighted by atomic mass is 16.2. The highest BCUT2D eigenvalue weighted by Gasteiger charge is 2.41. The summed E-state index contributed by atoms with van der Waals surface area (Å²) in [6.07, 6.45) is 0.385. The maximum absolute atomic E-state index is 12.6. The fourth-order valence-electron chi connectivity index (χ4n) is 3.47. The Morgan fingerprint density at radius 3 is 2.67 bits per heavy atom. The summed E-state index contributed by atoms with van der Waals surface area (Å²) in [6.45, 7) is -0.0258. The molecule has 4 N–H and O–H groups in total. The van der Waals surface area contributed by atoms with Crippen molar-refractivity contribution in [1.82, 2.24) is 0 Å². The van der Waals surface area contributed by atoms with E-state index < -0.39 is 11.9 Å². The zero-order chi connectivity index (χ0) is 16.8. The Labute approximate surface area is 138 Å². The molecule has 4 rings (SSSR count). The van der Waals surface area contributed by atoms with Crippen molar-refractivity contribution in [3.05, 3.63) is 59.2 Å². The molecule has 0 spiro atoms. The maximum Gasteiger partial charge on any atom is 0.249 e. The van der Waals surface area contributed by atoms with E-state index in [1.165, 1.54) is 4.90 Å². The minimum Gasteiger partial charge on any atom is -0.399 e. The number of carbonyl (C=O) groups excluding carboxylic acids is 2. The van der Waals surface area contributed by atoms with E-state index in [0.717, 1.165) is 16.7 Å². The second-order valence-corrected chi connectivity index (χ2v) is 5.99. The Morgan fingerprint density at radius 2 is 1.96 bits per heavy atom. The van der Waals surface area contributed by atoms with Crippen LogP contribution in [-0.4, -0.2) is 30.1 Å². The normalized spacial score (nSPS) is 18.8. The van der Waals surface area contributed by atoms with Crippen LogP contribution in [0.1, 0.15) is 16.7 Å². The van der Waals surface area contributed by atoms with E-state index >= 15 is 0 Å². The van der Waals surface area contributed by atoms with E-state index in [1.807, 2.05) is 30.3 Å². The van der Waals surface area contributed by atoms with Crippen molar-refractivity contribution in [2.24, 2.45) is 10.7 Å². The van der Waals surface area contributed by atoms with Crippen LogP contribution in [0.3, 0.4) is 0 Å². The van der Waals surface area contributed by atoms with Gasteiger partial charge in [-0.05, 0) is 17.7 Å². The Balaban J connectivity index is 1.97. The molecule has 2 aromatic rings. The van der Waals surface area contributed by atoms with Gasteiger partial charge in [0.25, 0.3) is 0 Å². The fraction of sp³-hybridized carbons (Fsp3) is 0.167. The number of benzene rings is 2. The quantitative estimate of drug-likeness (QED) is 0.802. The monoisotopic (exact) mass is 320 g/mol. The summed E-state index contributed by atoms with van der Waals surface area (Å²) in [5, 5.41) is 0. The number of rotatable bonds is 2. The van der Waals surface area contributed by atoms with Crippen molar-refractivity contribution in [2.45, 2.75) is 12.5 Å². The molecule has 0 bridgehead atoms. The molecular formula is C18H16N4O2. The van der Waals surface area contributed by atoms with Crippen LogP contribution in [-0.2, 0) is 16.0 Å². The zero-order valence-electron chi connectivity index (χ0n) is 12.9. The van der Waals surface area contributed by atoms with Crippen molar-refractivity contribution in [3.63, 3.8) is 0 Å². The molecule has 2 aliphatic heterocycles. The summed E-state index contributed by atoms with van der Waals surface area (Å²) in [5.41, 5.74) is 16.1. The number of nitrogens with zero attached hydrogens (tertiary/aromatic N) is 2. The first-order valence-electron chi connectivity index (χ1n) is 7.70. The first-order valence-corrected chi connectivity index (χ1v) is 7.70. The number of anilines is 2. The third kappa shape index (κ3) is 2.07. The van der Waals surface area contributed by atoms with Crippen molar-refractivity contribution in [2.75, 3.05) is 17.2 Å². The molecule has 0 fully saturated rings. The summed E-state index contributed by atoms with van der Waals surface area (Å²) in [6, 6.07) is 12.6. The van der Waals surface area contributed by atoms with Gasteiger partial charge in [-0.1, -0.05) is 30.3 Å². The lowest BCUT2D eigenvalue weighted by Crippen LogP contribution is -2.46. The molecule has 2 amide bonds. The number of hydrogen-bond acceptors (Lipinski definition) is 4. The summed E-state index contributed by atoms with van der Waals surface area (Å²) >= 11 is 0. The van der Waals surface area contributed by atoms with Crippen LogP contribution in [0.15, 0.2) is 47.5 Å². The van der Waals surface area contributed by atoms with Gasteiger partial charge in [-0.25, -0.2) is 0 Å². The highest BCUT2D eigenvalue weighted by molar-refractivity contribution is 6.21. The van der Waals surface area contributed by atoms with E-state index in [4.69, 9.17) is 11.5 Å². The van der Waals surface area contributed by atoms with Crippen LogP contribution < -0.4 is 16.4 Å². The first-order chi connectivity index (χ1) is 11.6. The number of nitrogens with two attached hydrogens (primary N) is 2. The Morgan fingerprint density at radius 1 is 1.21 bits per heavy atom. The number of carbonyl (C=O) groups is 2.